The Hall–Kier alpha value is -3.26. The van der Waals surface area contributed by atoms with Gasteiger partial charge < -0.3 is 14.6 Å². The van der Waals surface area contributed by atoms with E-state index in [1.54, 1.807) is 7.11 Å². The summed E-state index contributed by atoms with van der Waals surface area (Å²) < 4.78 is 7.16. The zero-order chi connectivity index (χ0) is 21.4. The molecule has 1 aromatic carbocycles. The zero-order valence-corrected chi connectivity index (χ0v) is 17.8. The average Bonchev–Trinajstić information content (AvgIpc) is 3.35. The van der Waals surface area contributed by atoms with E-state index in [-0.39, 0.29) is 5.91 Å². The Bertz CT molecular complexity index is 1090. The molecule has 0 bridgehead atoms. The number of aromatic nitrogens is 4. The third-order valence-corrected chi connectivity index (χ3v) is 6.22. The van der Waals surface area contributed by atoms with Crippen LogP contribution in [-0.2, 0) is 19.5 Å². The fraction of sp³-hybridized carbons (Fsp3) is 0.391. The number of nitrogens with zero attached hydrogens (tertiary/aromatic N) is 5. The van der Waals surface area contributed by atoms with Gasteiger partial charge in [0.15, 0.2) is 0 Å². The molecule has 0 spiro atoms. The zero-order valence-electron chi connectivity index (χ0n) is 17.8. The number of ether oxygens (including phenoxy) is 1. The van der Waals surface area contributed by atoms with Gasteiger partial charge in [-0.15, -0.1) is 10.2 Å². The van der Waals surface area contributed by atoms with Gasteiger partial charge >= 0.3 is 0 Å². The Morgan fingerprint density at radius 3 is 2.68 bits per heavy atom. The lowest BCUT2D eigenvalue weighted by Gasteiger charge is -2.25. The van der Waals surface area contributed by atoms with Crippen molar-refractivity contribution in [3.05, 3.63) is 65.5 Å². The van der Waals surface area contributed by atoms with Crippen molar-refractivity contribution in [2.75, 3.05) is 25.5 Å². The molecule has 1 amide bonds. The van der Waals surface area contributed by atoms with Crippen molar-refractivity contribution in [2.45, 2.75) is 26.4 Å². The largest absolute Gasteiger partial charge is 0.497 e. The quantitative estimate of drug-likeness (QED) is 0.685. The first-order valence-electron chi connectivity index (χ1n) is 10.6. The van der Waals surface area contributed by atoms with E-state index < -0.39 is 0 Å². The molecule has 0 radical (unpaired) electrons. The molecule has 0 aliphatic carbocycles. The fourth-order valence-corrected chi connectivity index (χ4v) is 4.70. The van der Waals surface area contributed by atoms with Crippen LogP contribution in [-0.4, -0.2) is 50.8 Å². The number of aryl methyl sites for hydroxylation is 1. The summed E-state index contributed by atoms with van der Waals surface area (Å²) in [5, 5.41) is 11.4. The molecule has 0 saturated carbocycles. The highest BCUT2D eigenvalue weighted by atomic mass is 16.5. The van der Waals surface area contributed by atoms with Crippen LogP contribution < -0.4 is 10.1 Å². The summed E-state index contributed by atoms with van der Waals surface area (Å²) in [6.07, 6.45) is 0.852. The number of carbonyl (C=O) groups is 1. The van der Waals surface area contributed by atoms with Crippen LogP contribution in [0.5, 0.6) is 5.75 Å². The molecule has 2 atom stereocenters. The standard InChI is InChI=1S/C23H26N6O2/c1-15-4-3-5-19(24-15)14-28-11-16-10-21-26-27-22(29(21)13-17(16)12-28)23(30)25-18-6-8-20(31-2)9-7-18/h3-9,16-17H,10-14H2,1-2H3,(H,25,30)/t16-,17-/m1/s1. The van der Waals surface area contributed by atoms with E-state index in [9.17, 15) is 4.79 Å². The van der Waals surface area contributed by atoms with Crippen molar-refractivity contribution < 1.29 is 9.53 Å². The predicted molar refractivity (Wildman–Crippen MR) is 116 cm³/mol. The number of hydrogen-bond acceptors (Lipinski definition) is 6. The highest BCUT2D eigenvalue weighted by molar-refractivity contribution is 6.01. The topological polar surface area (TPSA) is 85.2 Å². The Balaban J connectivity index is 1.26. The van der Waals surface area contributed by atoms with Crippen molar-refractivity contribution in [2.24, 2.45) is 11.8 Å². The molecule has 31 heavy (non-hydrogen) atoms. The van der Waals surface area contributed by atoms with Crippen LogP contribution in [0.3, 0.4) is 0 Å². The maximum absolute atomic E-state index is 12.8. The van der Waals surface area contributed by atoms with E-state index in [1.165, 1.54) is 0 Å². The second-order valence-electron chi connectivity index (χ2n) is 8.42. The lowest BCUT2D eigenvalue weighted by Crippen LogP contribution is -2.31. The third kappa shape index (κ3) is 4.03. The van der Waals surface area contributed by atoms with Crippen molar-refractivity contribution in [1.82, 2.24) is 24.6 Å². The van der Waals surface area contributed by atoms with Gasteiger partial charge in [0.05, 0.1) is 12.8 Å². The van der Waals surface area contributed by atoms with Gasteiger partial charge in [-0.1, -0.05) is 6.07 Å². The monoisotopic (exact) mass is 418 g/mol. The number of benzene rings is 1. The minimum atomic E-state index is -0.235. The first-order chi connectivity index (χ1) is 15.1. The number of nitrogens with one attached hydrogen (secondary N) is 1. The van der Waals surface area contributed by atoms with Crippen LogP contribution in [0.1, 0.15) is 27.8 Å². The molecule has 3 aromatic rings. The predicted octanol–water partition coefficient (Wildman–Crippen LogP) is 2.55. The SMILES string of the molecule is COc1ccc(NC(=O)c2nnc3n2C[C@H]2CN(Cc4cccc(C)n4)C[C@H]2C3)cc1. The van der Waals surface area contributed by atoms with Crippen molar-refractivity contribution in [3.63, 3.8) is 0 Å². The summed E-state index contributed by atoms with van der Waals surface area (Å²) in [7, 11) is 1.62. The number of methoxy groups -OCH3 is 1. The lowest BCUT2D eigenvalue weighted by atomic mass is 9.89. The molecule has 8 nitrogen and oxygen atoms in total. The molecule has 160 valence electrons. The van der Waals surface area contributed by atoms with Gasteiger partial charge in [0.1, 0.15) is 11.6 Å². The van der Waals surface area contributed by atoms with Crippen LogP contribution in [0, 0.1) is 18.8 Å². The van der Waals surface area contributed by atoms with Gasteiger partial charge in [0, 0.05) is 44.0 Å². The first kappa shape index (κ1) is 19.7. The summed E-state index contributed by atoms with van der Waals surface area (Å²) >= 11 is 0. The minimum absolute atomic E-state index is 0.235. The van der Waals surface area contributed by atoms with E-state index in [0.29, 0.717) is 23.3 Å². The average molecular weight is 419 g/mol. The fourth-order valence-electron chi connectivity index (χ4n) is 4.70. The molecule has 4 heterocycles. The Labute approximate surface area is 181 Å². The van der Waals surface area contributed by atoms with Crippen LogP contribution in [0.4, 0.5) is 5.69 Å². The van der Waals surface area contributed by atoms with Gasteiger partial charge in [-0.25, -0.2) is 0 Å². The summed E-state index contributed by atoms with van der Waals surface area (Å²) in [5.74, 6) is 2.82. The van der Waals surface area contributed by atoms with Crippen LogP contribution in [0.15, 0.2) is 42.5 Å². The summed E-state index contributed by atoms with van der Waals surface area (Å²) in [6.45, 7) is 5.69. The van der Waals surface area contributed by atoms with E-state index >= 15 is 0 Å². The highest BCUT2D eigenvalue weighted by Crippen LogP contribution is 2.33. The number of rotatable bonds is 5. The Morgan fingerprint density at radius 2 is 1.90 bits per heavy atom. The number of likely N-dealkylation sites (tertiary alicyclic amines) is 1. The molecular weight excluding hydrogens is 392 g/mol. The Morgan fingerprint density at radius 1 is 1.10 bits per heavy atom. The smallest absolute Gasteiger partial charge is 0.293 e. The molecule has 2 aliphatic heterocycles. The molecular formula is C23H26N6O2. The molecule has 2 aliphatic rings. The van der Waals surface area contributed by atoms with Crippen LogP contribution in [0.25, 0.3) is 0 Å². The second kappa shape index (κ2) is 8.11. The van der Waals surface area contributed by atoms with E-state index in [4.69, 9.17) is 4.74 Å². The lowest BCUT2D eigenvalue weighted by molar-refractivity contribution is 0.100. The normalized spacial score (nSPS) is 20.2. The van der Waals surface area contributed by atoms with Gasteiger partial charge in [0.25, 0.3) is 5.91 Å². The van der Waals surface area contributed by atoms with Crippen molar-refractivity contribution in [1.29, 1.82) is 0 Å². The number of hydrogen-bond donors (Lipinski definition) is 1. The van der Waals surface area contributed by atoms with E-state index in [0.717, 1.165) is 55.6 Å². The maximum atomic E-state index is 12.8. The second-order valence-corrected chi connectivity index (χ2v) is 8.42. The molecule has 8 heteroatoms. The number of anilines is 1. The van der Waals surface area contributed by atoms with Crippen LogP contribution >= 0.6 is 0 Å². The summed E-state index contributed by atoms with van der Waals surface area (Å²) in [4.78, 5) is 20.0. The molecule has 0 unspecified atom stereocenters. The molecule has 1 saturated heterocycles. The number of pyridine rings is 1. The maximum Gasteiger partial charge on any atom is 0.293 e. The van der Waals surface area contributed by atoms with Crippen LogP contribution in [0.2, 0.25) is 0 Å². The van der Waals surface area contributed by atoms with Crippen molar-refractivity contribution in [3.8, 4) is 5.75 Å². The summed E-state index contributed by atoms with van der Waals surface area (Å²) in [5.41, 5.74) is 2.86. The van der Waals surface area contributed by atoms with Crippen molar-refractivity contribution >= 4 is 11.6 Å². The highest BCUT2D eigenvalue weighted by Gasteiger charge is 2.39. The van der Waals surface area contributed by atoms with Gasteiger partial charge in [-0.3, -0.25) is 14.7 Å². The minimum Gasteiger partial charge on any atom is -0.497 e. The van der Waals surface area contributed by atoms with Gasteiger partial charge in [-0.2, -0.15) is 0 Å². The summed E-state index contributed by atoms with van der Waals surface area (Å²) in [6, 6.07) is 13.4. The molecule has 5 rings (SSSR count). The van der Waals surface area contributed by atoms with Gasteiger partial charge in [0.2, 0.25) is 5.82 Å². The van der Waals surface area contributed by atoms with E-state index in [1.807, 2.05) is 41.8 Å². The van der Waals surface area contributed by atoms with E-state index in [2.05, 4.69) is 37.5 Å². The Kier molecular flexibility index (Phi) is 5.15. The molecule has 1 fully saturated rings. The molecule has 1 N–H and O–H groups in total. The molecule has 2 aromatic heterocycles. The van der Waals surface area contributed by atoms with Gasteiger partial charge in [-0.05, 0) is 55.2 Å². The first-order valence-corrected chi connectivity index (χ1v) is 10.6. The third-order valence-electron chi connectivity index (χ3n) is 6.22. The number of fused-ring (bicyclic) bond motifs is 2. The number of carbonyl (C=O) groups excluding carboxylic acids is 1. The number of amides is 1.